The molecule has 0 unspecified atom stereocenters. The van der Waals surface area contributed by atoms with E-state index >= 15 is 0 Å². The van der Waals surface area contributed by atoms with Crippen LogP contribution in [0.2, 0.25) is 0 Å². The zero-order chi connectivity index (χ0) is 47.1. The molecule has 2 aromatic heterocycles. The minimum atomic E-state index is 0.130. The van der Waals surface area contributed by atoms with E-state index in [2.05, 4.69) is 193 Å². The lowest BCUT2D eigenvalue weighted by molar-refractivity contribution is 0.835. The third kappa shape index (κ3) is 9.91. The van der Waals surface area contributed by atoms with E-state index < -0.39 is 0 Å². The summed E-state index contributed by atoms with van der Waals surface area (Å²) in [4.78, 5) is 40.5. The van der Waals surface area contributed by atoms with Gasteiger partial charge in [-0.25, -0.2) is 0 Å². The molecule has 336 valence electrons. The number of nitrogens with zero attached hydrogens (tertiary/aromatic N) is 10. The van der Waals surface area contributed by atoms with Crippen LogP contribution in [0.25, 0.3) is 0 Å². The van der Waals surface area contributed by atoms with Crippen LogP contribution in [0.15, 0.2) is 218 Å². The average molecular weight is 899 g/mol. The summed E-state index contributed by atoms with van der Waals surface area (Å²) in [5, 5.41) is 0. The minimum absolute atomic E-state index is 0.130. The van der Waals surface area contributed by atoms with E-state index in [1.54, 1.807) is 0 Å². The van der Waals surface area contributed by atoms with Crippen LogP contribution in [0.1, 0.15) is 33.9 Å². The van der Waals surface area contributed by atoms with E-state index in [0.717, 1.165) is 67.8 Å². The molecule has 0 N–H and O–H groups in total. The van der Waals surface area contributed by atoms with Crippen LogP contribution < -0.4 is 19.6 Å². The van der Waals surface area contributed by atoms with Crippen molar-refractivity contribution in [3.05, 3.63) is 252 Å². The maximum absolute atomic E-state index is 5.37. The van der Waals surface area contributed by atoms with E-state index in [9.17, 15) is 0 Å². The Balaban J connectivity index is 1.23. The number of anilines is 12. The normalized spacial score (nSPS) is 11.0. The molecule has 0 aliphatic heterocycles. The molecule has 0 bridgehead atoms. The SMILES string of the molecule is Cc1cccc(N(c2ccccc2)c2nc(Cc3nc(N(c4ccccc4)c4cccc(C)c4)nc(N(c4ccccc4)c4cccc(C)c4)n3)nc(N(c3ccccc3)c3cccc(C)c3)n2)c1. The third-order valence-corrected chi connectivity index (χ3v) is 11.5. The van der Waals surface area contributed by atoms with Gasteiger partial charge in [-0.05, 0) is 147 Å². The highest BCUT2D eigenvalue weighted by Gasteiger charge is 2.26. The van der Waals surface area contributed by atoms with Gasteiger partial charge in [0, 0.05) is 45.5 Å². The predicted octanol–water partition coefficient (Wildman–Crippen LogP) is 14.8. The van der Waals surface area contributed by atoms with Crippen molar-refractivity contribution in [2.75, 3.05) is 19.6 Å². The molecule has 10 rings (SSSR count). The van der Waals surface area contributed by atoms with Gasteiger partial charge in [0.1, 0.15) is 11.6 Å². The van der Waals surface area contributed by atoms with Crippen molar-refractivity contribution in [2.45, 2.75) is 34.1 Å². The molecule has 0 aliphatic carbocycles. The second-order valence-electron chi connectivity index (χ2n) is 16.9. The van der Waals surface area contributed by atoms with E-state index in [-0.39, 0.29) is 6.42 Å². The van der Waals surface area contributed by atoms with E-state index in [1.807, 2.05) is 72.8 Å². The highest BCUT2D eigenvalue weighted by Crippen LogP contribution is 2.40. The lowest BCUT2D eigenvalue weighted by Gasteiger charge is -2.28. The smallest absolute Gasteiger partial charge is 0.239 e. The second kappa shape index (κ2) is 19.8. The summed E-state index contributed by atoms with van der Waals surface area (Å²) in [6.45, 7) is 8.36. The number of aromatic nitrogens is 6. The first-order valence-corrected chi connectivity index (χ1v) is 23.0. The average Bonchev–Trinajstić information content (AvgIpc) is 3.36. The zero-order valence-corrected chi connectivity index (χ0v) is 39.0. The predicted molar refractivity (Wildman–Crippen MR) is 280 cm³/mol. The Morgan fingerprint density at radius 2 is 0.464 bits per heavy atom. The Morgan fingerprint density at radius 3 is 0.681 bits per heavy atom. The Morgan fingerprint density at radius 1 is 0.246 bits per heavy atom. The fourth-order valence-corrected chi connectivity index (χ4v) is 8.39. The Bertz CT molecular complexity index is 2900. The summed E-state index contributed by atoms with van der Waals surface area (Å²) in [5.74, 6) is 2.67. The number of rotatable bonds is 14. The largest absolute Gasteiger partial charge is 0.279 e. The summed E-state index contributed by atoms with van der Waals surface area (Å²) < 4.78 is 0. The van der Waals surface area contributed by atoms with Crippen LogP contribution in [-0.2, 0) is 6.42 Å². The summed E-state index contributed by atoms with van der Waals surface area (Å²) in [6.07, 6.45) is 0.130. The molecule has 0 radical (unpaired) electrons. The number of hydrogen-bond donors (Lipinski definition) is 0. The van der Waals surface area contributed by atoms with Crippen LogP contribution >= 0.6 is 0 Å². The van der Waals surface area contributed by atoms with Crippen LogP contribution in [0.4, 0.5) is 69.3 Å². The number of benzene rings is 8. The summed E-state index contributed by atoms with van der Waals surface area (Å²) in [7, 11) is 0. The molecule has 0 atom stereocenters. The third-order valence-electron chi connectivity index (χ3n) is 11.5. The molecule has 0 aliphatic rings. The molecule has 10 heteroatoms. The summed E-state index contributed by atoms with van der Waals surface area (Å²) in [5.41, 5.74) is 11.6. The number of hydrogen-bond acceptors (Lipinski definition) is 10. The van der Waals surface area contributed by atoms with Gasteiger partial charge < -0.3 is 0 Å². The zero-order valence-electron chi connectivity index (χ0n) is 39.0. The Labute approximate surface area is 403 Å². The molecule has 8 aromatic carbocycles. The van der Waals surface area contributed by atoms with Crippen molar-refractivity contribution in [1.29, 1.82) is 0 Å². The first-order valence-electron chi connectivity index (χ1n) is 23.0. The number of para-hydroxylation sites is 4. The molecular weight excluding hydrogens is 849 g/mol. The van der Waals surface area contributed by atoms with Crippen molar-refractivity contribution in [3.63, 3.8) is 0 Å². The molecule has 0 fully saturated rings. The van der Waals surface area contributed by atoms with Gasteiger partial charge >= 0.3 is 0 Å². The first-order chi connectivity index (χ1) is 33.8. The van der Waals surface area contributed by atoms with Crippen LogP contribution in [0.5, 0.6) is 0 Å². The van der Waals surface area contributed by atoms with Crippen LogP contribution in [-0.4, -0.2) is 29.9 Å². The minimum Gasteiger partial charge on any atom is -0.279 e. The fraction of sp³-hybridized carbons (Fsp3) is 0.0847. The molecule has 0 amide bonds. The number of aryl methyl sites for hydroxylation is 4. The van der Waals surface area contributed by atoms with Crippen molar-refractivity contribution in [2.24, 2.45) is 0 Å². The fourth-order valence-electron chi connectivity index (χ4n) is 8.39. The lowest BCUT2D eigenvalue weighted by Crippen LogP contribution is -2.22. The molecule has 0 spiro atoms. The molecule has 10 aromatic rings. The standard InChI is InChI=1S/C59H50N10/c1-42-21-17-33-50(37-42)66(46-25-9-5-10-26-46)56-60-54(61-57(64-56)67(47-27-11-6-12-28-47)51-34-18-22-43(2)38-51)41-55-62-58(68(48-29-13-7-14-30-48)52-35-19-23-44(3)39-52)65-59(63-55)69(49-31-15-8-16-32-49)53-36-20-24-45(4)40-53/h5-40H,41H2,1-4H3. The van der Waals surface area contributed by atoms with E-state index in [1.165, 1.54) is 0 Å². The monoisotopic (exact) mass is 898 g/mol. The van der Waals surface area contributed by atoms with Gasteiger partial charge in [0.2, 0.25) is 23.8 Å². The van der Waals surface area contributed by atoms with Crippen molar-refractivity contribution in [1.82, 2.24) is 29.9 Å². The van der Waals surface area contributed by atoms with Gasteiger partial charge in [-0.15, -0.1) is 0 Å². The molecular formula is C59H50N10. The van der Waals surface area contributed by atoms with Crippen LogP contribution in [0, 0.1) is 27.7 Å². The van der Waals surface area contributed by atoms with Gasteiger partial charge in [-0.3, -0.25) is 19.6 Å². The molecule has 0 saturated heterocycles. The first kappa shape index (κ1) is 43.9. The van der Waals surface area contributed by atoms with Gasteiger partial charge in [-0.2, -0.15) is 29.9 Å². The van der Waals surface area contributed by atoms with Gasteiger partial charge in [0.15, 0.2) is 0 Å². The van der Waals surface area contributed by atoms with Gasteiger partial charge in [0.05, 0.1) is 6.42 Å². The highest BCUT2D eigenvalue weighted by molar-refractivity contribution is 5.79. The second-order valence-corrected chi connectivity index (χ2v) is 16.9. The molecule has 10 nitrogen and oxygen atoms in total. The molecule has 0 saturated carbocycles. The van der Waals surface area contributed by atoms with Crippen molar-refractivity contribution >= 4 is 69.3 Å². The Kier molecular flexibility index (Phi) is 12.6. The van der Waals surface area contributed by atoms with Gasteiger partial charge in [0.25, 0.3) is 0 Å². The molecule has 2 heterocycles. The van der Waals surface area contributed by atoms with E-state index in [4.69, 9.17) is 29.9 Å². The van der Waals surface area contributed by atoms with Crippen molar-refractivity contribution in [3.8, 4) is 0 Å². The van der Waals surface area contributed by atoms with Crippen molar-refractivity contribution < 1.29 is 0 Å². The highest BCUT2D eigenvalue weighted by atomic mass is 15.4. The maximum atomic E-state index is 5.37. The quantitative estimate of drug-likeness (QED) is 0.105. The summed E-state index contributed by atoms with van der Waals surface area (Å²) >= 11 is 0. The lowest BCUT2D eigenvalue weighted by atomic mass is 10.2. The van der Waals surface area contributed by atoms with Gasteiger partial charge in [-0.1, -0.05) is 121 Å². The molecule has 69 heavy (non-hydrogen) atoms. The maximum Gasteiger partial charge on any atom is 0.239 e. The summed E-state index contributed by atoms with van der Waals surface area (Å²) in [6, 6.07) is 74.3. The van der Waals surface area contributed by atoms with E-state index in [0.29, 0.717) is 35.4 Å². The Hall–Kier alpha value is -9.02. The van der Waals surface area contributed by atoms with Crippen LogP contribution in [0.3, 0.4) is 0 Å². The topological polar surface area (TPSA) is 90.3 Å².